The van der Waals surface area contributed by atoms with E-state index in [1.54, 1.807) is 18.3 Å². The van der Waals surface area contributed by atoms with Crippen molar-refractivity contribution in [3.8, 4) is 11.4 Å². The summed E-state index contributed by atoms with van der Waals surface area (Å²) in [6.45, 7) is 0. The quantitative estimate of drug-likeness (QED) is 0.645. The van der Waals surface area contributed by atoms with E-state index >= 15 is 0 Å². The van der Waals surface area contributed by atoms with E-state index < -0.39 is 0 Å². The summed E-state index contributed by atoms with van der Waals surface area (Å²) in [5.74, 6) is 0.697. The van der Waals surface area contributed by atoms with Crippen molar-refractivity contribution in [1.82, 2.24) is 19.9 Å². The fraction of sp³-hybridized carbons (Fsp3) is 0. The fourth-order valence-electron chi connectivity index (χ4n) is 1.57. The Morgan fingerprint density at radius 1 is 1.29 bits per heavy atom. The standard InChI is InChI=1S/C11H8ClN5/c12-7-3-6(1-2-8(7)13)10-16-9-4-14-5-15-11(9)17-10/h1-5H,13H2,(H,14,15,16,17). The van der Waals surface area contributed by atoms with Crippen molar-refractivity contribution >= 4 is 28.5 Å². The fourth-order valence-corrected chi connectivity index (χ4v) is 1.75. The van der Waals surface area contributed by atoms with Crippen molar-refractivity contribution in [1.29, 1.82) is 0 Å². The third-order valence-electron chi connectivity index (χ3n) is 2.44. The van der Waals surface area contributed by atoms with Gasteiger partial charge in [0, 0.05) is 5.56 Å². The normalized spacial score (nSPS) is 10.9. The number of nitrogens with zero attached hydrogens (tertiary/aromatic N) is 3. The number of halogens is 1. The summed E-state index contributed by atoms with van der Waals surface area (Å²) in [4.78, 5) is 15.4. The van der Waals surface area contributed by atoms with Gasteiger partial charge in [-0.3, -0.25) is 0 Å². The van der Waals surface area contributed by atoms with Crippen molar-refractivity contribution in [3.05, 3.63) is 35.7 Å². The molecule has 3 N–H and O–H groups in total. The van der Waals surface area contributed by atoms with Crippen LogP contribution in [0.5, 0.6) is 0 Å². The Kier molecular flexibility index (Phi) is 2.19. The zero-order valence-corrected chi connectivity index (χ0v) is 9.44. The summed E-state index contributed by atoms with van der Waals surface area (Å²) in [6.07, 6.45) is 3.14. The topological polar surface area (TPSA) is 80.5 Å². The molecule has 0 amide bonds. The average molecular weight is 246 g/mol. The Labute approximate surface area is 102 Å². The van der Waals surface area contributed by atoms with E-state index in [4.69, 9.17) is 17.3 Å². The Bertz CT molecular complexity index is 658. The van der Waals surface area contributed by atoms with Gasteiger partial charge in [0.25, 0.3) is 0 Å². The minimum Gasteiger partial charge on any atom is -0.398 e. The molecule has 0 saturated carbocycles. The summed E-state index contributed by atoms with van der Waals surface area (Å²) >= 11 is 5.97. The molecule has 0 aliphatic carbocycles. The molecule has 0 atom stereocenters. The number of aromatic nitrogens is 4. The SMILES string of the molecule is Nc1ccc(-c2nc3ncncc3[nH]2)cc1Cl. The number of rotatable bonds is 1. The van der Waals surface area contributed by atoms with Crippen LogP contribution in [0.15, 0.2) is 30.7 Å². The highest BCUT2D eigenvalue weighted by Crippen LogP contribution is 2.26. The summed E-state index contributed by atoms with van der Waals surface area (Å²) < 4.78 is 0. The molecule has 0 bridgehead atoms. The van der Waals surface area contributed by atoms with Crippen LogP contribution in [0, 0.1) is 0 Å². The highest BCUT2D eigenvalue weighted by atomic mass is 35.5. The van der Waals surface area contributed by atoms with Gasteiger partial charge in [0.15, 0.2) is 5.65 Å². The smallest absolute Gasteiger partial charge is 0.181 e. The van der Waals surface area contributed by atoms with Gasteiger partial charge >= 0.3 is 0 Å². The second kappa shape index (κ2) is 3.71. The van der Waals surface area contributed by atoms with E-state index in [1.807, 2.05) is 6.07 Å². The third kappa shape index (κ3) is 1.70. The zero-order chi connectivity index (χ0) is 11.8. The molecule has 2 aromatic heterocycles. The van der Waals surface area contributed by atoms with Crippen LogP contribution in [0.1, 0.15) is 0 Å². The number of hydrogen-bond donors (Lipinski definition) is 2. The lowest BCUT2D eigenvalue weighted by Crippen LogP contribution is -1.87. The third-order valence-corrected chi connectivity index (χ3v) is 2.76. The molecule has 2 heterocycles. The van der Waals surface area contributed by atoms with Crippen molar-refractivity contribution in [2.45, 2.75) is 0 Å². The minimum atomic E-state index is 0.508. The summed E-state index contributed by atoms with van der Waals surface area (Å²) in [5, 5.41) is 0.508. The van der Waals surface area contributed by atoms with Gasteiger partial charge in [-0.25, -0.2) is 15.0 Å². The Morgan fingerprint density at radius 3 is 2.94 bits per heavy atom. The van der Waals surface area contributed by atoms with Crippen molar-refractivity contribution in [3.63, 3.8) is 0 Å². The maximum absolute atomic E-state index is 5.97. The number of aromatic amines is 1. The Balaban J connectivity index is 2.17. The van der Waals surface area contributed by atoms with Gasteiger partial charge in [0.1, 0.15) is 17.7 Å². The van der Waals surface area contributed by atoms with Crippen LogP contribution in [-0.4, -0.2) is 19.9 Å². The maximum Gasteiger partial charge on any atom is 0.181 e. The van der Waals surface area contributed by atoms with Crippen LogP contribution in [0.25, 0.3) is 22.6 Å². The number of anilines is 1. The van der Waals surface area contributed by atoms with Crippen molar-refractivity contribution in [2.75, 3.05) is 5.73 Å². The van der Waals surface area contributed by atoms with Gasteiger partial charge in [0.2, 0.25) is 0 Å². The molecule has 0 radical (unpaired) electrons. The molecule has 84 valence electrons. The number of nitrogen functional groups attached to an aromatic ring is 1. The van der Waals surface area contributed by atoms with E-state index in [-0.39, 0.29) is 0 Å². The van der Waals surface area contributed by atoms with Crippen LogP contribution in [0.3, 0.4) is 0 Å². The van der Waals surface area contributed by atoms with E-state index in [2.05, 4.69) is 19.9 Å². The molecule has 3 rings (SSSR count). The average Bonchev–Trinajstić information content (AvgIpc) is 2.76. The molecule has 6 heteroatoms. The summed E-state index contributed by atoms with van der Waals surface area (Å²) in [7, 11) is 0. The molecule has 0 spiro atoms. The lowest BCUT2D eigenvalue weighted by molar-refractivity contribution is 1.20. The second-order valence-electron chi connectivity index (χ2n) is 3.58. The van der Waals surface area contributed by atoms with Crippen LogP contribution in [0.2, 0.25) is 5.02 Å². The van der Waals surface area contributed by atoms with Crippen LogP contribution in [-0.2, 0) is 0 Å². The Hall–Kier alpha value is -2.14. The molecule has 0 fully saturated rings. The van der Waals surface area contributed by atoms with E-state index in [1.165, 1.54) is 6.33 Å². The van der Waals surface area contributed by atoms with E-state index in [9.17, 15) is 0 Å². The molecule has 0 unspecified atom stereocenters. The molecule has 0 saturated heterocycles. The van der Waals surface area contributed by atoms with E-state index in [0.717, 1.165) is 11.1 Å². The first kappa shape index (κ1) is 10.0. The molecule has 1 aromatic carbocycles. The number of fused-ring (bicyclic) bond motifs is 1. The minimum absolute atomic E-state index is 0.508. The molecule has 0 aliphatic rings. The maximum atomic E-state index is 5.97. The Morgan fingerprint density at radius 2 is 2.18 bits per heavy atom. The summed E-state index contributed by atoms with van der Waals surface area (Å²) in [5.41, 5.74) is 8.48. The number of nitrogens with one attached hydrogen (secondary N) is 1. The number of hydrogen-bond acceptors (Lipinski definition) is 4. The molecule has 3 aromatic rings. The highest BCUT2D eigenvalue weighted by molar-refractivity contribution is 6.33. The number of benzene rings is 1. The second-order valence-corrected chi connectivity index (χ2v) is 3.99. The monoisotopic (exact) mass is 245 g/mol. The molecule has 17 heavy (non-hydrogen) atoms. The van der Waals surface area contributed by atoms with Gasteiger partial charge in [0.05, 0.1) is 16.9 Å². The lowest BCUT2D eigenvalue weighted by Gasteiger charge is -2.00. The van der Waals surface area contributed by atoms with E-state index in [0.29, 0.717) is 22.2 Å². The summed E-state index contributed by atoms with van der Waals surface area (Å²) in [6, 6.07) is 5.37. The van der Waals surface area contributed by atoms with Crippen LogP contribution >= 0.6 is 11.6 Å². The number of H-pyrrole nitrogens is 1. The molecular weight excluding hydrogens is 238 g/mol. The zero-order valence-electron chi connectivity index (χ0n) is 8.68. The van der Waals surface area contributed by atoms with Gasteiger partial charge in [-0.1, -0.05) is 11.6 Å². The number of nitrogens with two attached hydrogens (primary N) is 1. The van der Waals surface area contributed by atoms with Gasteiger partial charge in [-0.15, -0.1) is 0 Å². The number of imidazole rings is 1. The van der Waals surface area contributed by atoms with Crippen LogP contribution in [0.4, 0.5) is 5.69 Å². The molecule has 0 aliphatic heterocycles. The first-order chi connectivity index (χ1) is 8.24. The van der Waals surface area contributed by atoms with Gasteiger partial charge in [-0.2, -0.15) is 0 Å². The van der Waals surface area contributed by atoms with Crippen molar-refractivity contribution < 1.29 is 0 Å². The predicted molar refractivity (Wildman–Crippen MR) is 66.5 cm³/mol. The van der Waals surface area contributed by atoms with Gasteiger partial charge in [-0.05, 0) is 18.2 Å². The predicted octanol–water partition coefficient (Wildman–Crippen LogP) is 2.26. The first-order valence-electron chi connectivity index (χ1n) is 4.95. The highest BCUT2D eigenvalue weighted by Gasteiger charge is 2.07. The first-order valence-corrected chi connectivity index (χ1v) is 5.33. The van der Waals surface area contributed by atoms with Gasteiger partial charge < -0.3 is 10.7 Å². The van der Waals surface area contributed by atoms with Crippen LogP contribution < -0.4 is 5.73 Å². The molecular formula is C11H8ClN5. The van der Waals surface area contributed by atoms with Crippen molar-refractivity contribution in [2.24, 2.45) is 0 Å². The molecule has 5 nitrogen and oxygen atoms in total. The lowest BCUT2D eigenvalue weighted by atomic mass is 10.2. The largest absolute Gasteiger partial charge is 0.398 e.